The summed E-state index contributed by atoms with van der Waals surface area (Å²) in [6.45, 7) is 3.56. The van der Waals surface area contributed by atoms with Crippen LogP contribution in [-0.4, -0.2) is 34.2 Å². The first-order chi connectivity index (χ1) is 20.1. The maximum atomic E-state index is 13.6. The number of hydrazone groups is 1. The van der Waals surface area contributed by atoms with Crippen LogP contribution in [0.15, 0.2) is 99.4 Å². The van der Waals surface area contributed by atoms with Gasteiger partial charge in [0.15, 0.2) is 11.5 Å². The summed E-state index contributed by atoms with van der Waals surface area (Å²) < 4.78 is 40.3. The molecule has 0 bridgehead atoms. The molecule has 0 saturated carbocycles. The highest BCUT2D eigenvalue weighted by Gasteiger charge is 2.28. The van der Waals surface area contributed by atoms with E-state index in [1.54, 1.807) is 61.5 Å². The number of nitrogens with one attached hydrogen (secondary N) is 1. The number of halogens is 2. The van der Waals surface area contributed by atoms with Crippen LogP contribution in [0.3, 0.4) is 0 Å². The van der Waals surface area contributed by atoms with Crippen molar-refractivity contribution >= 4 is 55.4 Å². The molecule has 42 heavy (non-hydrogen) atoms. The van der Waals surface area contributed by atoms with E-state index in [0.717, 1.165) is 21.0 Å². The molecule has 0 aliphatic rings. The number of hydrogen-bond donors (Lipinski definition) is 1. The number of benzene rings is 4. The highest BCUT2D eigenvalue weighted by Crippen LogP contribution is 2.37. The number of sulfonamides is 1. The predicted octanol–water partition coefficient (Wildman–Crippen LogP) is 6.65. The second-order valence-electron chi connectivity index (χ2n) is 9.36. The minimum Gasteiger partial charge on any atom is -0.493 e. The largest absolute Gasteiger partial charge is 0.493 e. The minimum absolute atomic E-state index is 0.0802. The van der Waals surface area contributed by atoms with Crippen molar-refractivity contribution in [3.63, 3.8) is 0 Å². The van der Waals surface area contributed by atoms with E-state index in [-0.39, 0.29) is 4.90 Å². The van der Waals surface area contributed by atoms with Crippen LogP contribution >= 0.6 is 27.5 Å². The molecule has 4 rings (SSSR count). The van der Waals surface area contributed by atoms with Crippen molar-refractivity contribution in [2.75, 3.05) is 18.0 Å². The molecule has 11 heteroatoms. The molecule has 218 valence electrons. The van der Waals surface area contributed by atoms with Crippen LogP contribution in [0.4, 0.5) is 5.69 Å². The molecule has 0 aliphatic carbocycles. The highest BCUT2D eigenvalue weighted by molar-refractivity contribution is 9.10. The van der Waals surface area contributed by atoms with E-state index >= 15 is 0 Å². The molecule has 0 fully saturated rings. The molecule has 4 aromatic rings. The van der Waals surface area contributed by atoms with Crippen LogP contribution in [0.25, 0.3) is 0 Å². The van der Waals surface area contributed by atoms with E-state index in [9.17, 15) is 13.2 Å². The third-order valence-corrected chi connectivity index (χ3v) is 8.81. The number of hydrogen-bond acceptors (Lipinski definition) is 6. The lowest BCUT2D eigenvalue weighted by Crippen LogP contribution is -2.40. The Morgan fingerprint density at radius 1 is 1.02 bits per heavy atom. The van der Waals surface area contributed by atoms with Gasteiger partial charge in [-0.3, -0.25) is 9.10 Å². The van der Waals surface area contributed by atoms with Crippen LogP contribution in [-0.2, 0) is 21.4 Å². The van der Waals surface area contributed by atoms with Crippen molar-refractivity contribution in [1.29, 1.82) is 0 Å². The average Bonchev–Trinajstić information content (AvgIpc) is 2.96. The highest BCUT2D eigenvalue weighted by atomic mass is 79.9. The number of ether oxygens (including phenoxy) is 2. The maximum absolute atomic E-state index is 13.6. The molecule has 0 spiro atoms. The van der Waals surface area contributed by atoms with Crippen molar-refractivity contribution in [2.45, 2.75) is 25.3 Å². The average molecular weight is 671 g/mol. The molecule has 0 saturated heterocycles. The Hall–Kier alpha value is -3.86. The fourth-order valence-corrected chi connectivity index (χ4v) is 6.35. The van der Waals surface area contributed by atoms with Gasteiger partial charge in [-0.05, 0) is 88.9 Å². The summed E-state index contributed by atoms with van der Waals surface area (Å²) in [5, 5.41) is 4.69. The number of methoxy groups -OCH3 is 1. The van der Waals surface area contributed by atoms with Gasteiger partial charge in [0.2, 0.25) is 0 Å². The molecule has 4 aromatic carbocycles. The summed E-state index contributed by atoms with van der Waals surface area (Å²) >= 11 is 9.46. The number of carbonyl (C=O) groups excluding carboxylic acids is 1. The molecule has 0 radical (unpaired) electrons. The van der Waals surface area contributed by atoms with Gasteiger partial charge in [-0.2, -0.15) is 5.10 Å². The normalized spacial score (nSPS) is 11.4. The summed E-state index contributed by atoms with van der Waals surface area (Å²) in [6.07, 6.45) is 1.43. The Morgan fingerprint density at radius 2 is 1.74 bits per heavy atom. The quantitative estimate of drug-likeness (QED) is 0.142. The number of nitrogens with zero attached hydrogens (tertiary/aromatic N) is 2. The lowest BCUT2D eigenvalue weighted by atomic mass is 10.1. The third kappa shape index (κ3) is 7.70. The van der Waals surface area contributed by atoms with Crippen LogP contribution in [0.1, 0.15) is 22.3 Å². The number of aryl methyl sites for hydroxylation is 2. The monoisotopic (exact) mass is 669 g/mol. The van der Waals surface area contributed by atoms with Gasteiger partial charge in [0, 0.05) is 5.02 Å². The first-order valence-corrected chi connectivity index (χ1v) is 15.4. The molecule has 0 unspecified atom stereocenters. The Kier molecular flexibility index (Phi) is 10.3. The van der Waals surface area contributed by atoms with Gasteiger partial charge < -0.3 is 9.47 Å². The first-order valence-electron chi connectivity index (χ1n) is 12.8. The van der Waals surface area contributed by atoms with Crippen LogP contribution in [0.2, 0.25) is 5.02 Å². The number of carbonyl (C=O) groups is 1. The molecule has 1 amide bonds. The van der Waals surface area contributed by atoms with Crippen molar-refractivity contribution in [3.05, 3.63) is 117 Å². The zero-order valence-corrected chi connectivity index (χ0v) is 26.3. The Bertz CT molecular complexity index is 1700. The van der Waals surface area contributed by atoms with Crippen molar-refractivity contribution in [2.24, 2.45) is 5.10 Å². The number of rotatable bonds is 11. The summed E-state index contributed by atoms with van der Waals surface area (Å²) in [4.78, 5) is 13.0. The third-order valence-electron chi connectivity index (χ3n) is 6.19. The lowest BCUT2D eigenvalue weighted by Gasteiger charge is -2.25. The molecule has 8 nitrogen and oxygen atoms in total. The van der Waals surface area contributed by atoms with Crippen LogP contribution in [0, 0.1) is 13.8 Å². The summed E-state index contributed by atoms with van der Waals surface area (Å²) in [5.41, 5.74) is 6.09. The van der Waals surface area contributed by atoms with Gasteiger partial charge in [0.25, 0.3) is 15.9 Å². The Labute approximate surface area is 259 Å². The molecule has 0 aliphatic heterocycles. The Morgan fingerprint density at radius 3 is 2.40 bits per heavy atom. The topological polar surface area (TPSA) is 97.3 Å². The lowest BCUT2D eigenvalue weighted by molar-refractivity contribution is -0.119. The fourth-order valence-electron chi connectivity index (χ4n) is 4.14. The summed E-state index contributed by atoms with van der Waals surface area (Å²) in [6, 6.07) is 24.2. The molecule has 0 atom stereocenters. The van der Waals surface area contributed by atoms with Crippen LogP contribution < -0.4 is 19.2 Å². The summed E-state index contributed by atoms with van der Waals surface area (Å²) in [7, 11) is -2.51. The van der Waals surface area contributed by atoms with Crippen LogP contribution in [0.5, 0.6) is 11.5 Å². The van der Waals surface area contributed by atoms with E-state index in [2.05, 4.69) is 26.5 Å². The van der Waals surface area contributed by atoms with Gasteiger partial charge in [0.05, 0.1) is 28.4 Å². The van der Waals surface area contributed by atoms with E-state index < -0.39 is 22.5 Å². The zero-order valence-electron chi connectivity index (χ0n) is 23.2. The number of amides is 1. The van der Waals surface area contributed by atoms with Crippen molar-refractivity contribution in [1.82, 2.24) is 5.43 Å². The molecular formula is C31H29BrClN3O5S. The van der Waals surface area contributed by atoms with Gasteiger partial charge in [0.1, 0.15) is 13.2 Å². The molecule has 0 heterocycles. The van der Waals surface area contributed by atoms with E-state index in [1.807, 2.05) is 25.1 Å². The van der Waals surface area contributed by atoms with Gasteiger partial charge in [-0.15, -0.1) is 0 Å². The number of anilines is 1. The van der Waals surface area contributed by atoms with Gasteiger partial charge >= 0.3 is 0 Å². The summed E-state index contributed by atoms with van der Waals surface area (Å²) in [5.74, 6) is 0.352. The second-order valence-corrected chi connectivity index (χ2v) is 12.5. The molecular weight excluding hydrogens is 642 g/mol. The Balaban J connectivity index is 1.49. The minimum atomic E-state index is -4.03. The second kappa shape index (κ2) is 13.9. The zero-order chi connectivity index (χ0) is 30.3. The molecule has 1 N–H and O–H groups in total. The van der Waals surface area contributed by atoms with Gasteiger partial charge in [-0.1, -0.05) is 59.6 Å². The SMILES string of the molecule is COc1cc(/C=N/NC(=O)CN(c2ccc(C)cc2C)S(=O)(=O)c2ccccc2)cc(Br)c1OCc1ccc(Cl)cc1. The van der Waals surface area contributed by atoms with Gasteiger partial charge in [-0.25, -0.2) is 13.8 Å². The van der Waals surface area contributed by atoms with E-state index in [1.165, 1.54) is 25.5 Å². The fraction of sp³-hybridized carbons (Fsp3) is 0.161. The van der Waals surface area contributed by atoms with Crippen molar-refractivity contribution in [3.8, 4) is 11.5 Å². The smallest absolute Gasteiger partial charge is 0.264 e. The van der Waals surface area contributed by atoms with Crippen molar-refractivity contribution < 1.29 is 22.7 Å². The van der Waals surface area contributed by atoms with E-state index in [0.29, 0.717) is 38.9 Å². The first kappa shape index (κ1) is 31.1. The molecule has 0 aromatic heterocycles. The maximum Gasteiger partial charge on any atom is 0.264 e. The predicted molar refractivity (Wildman–Crippen MR) is 169 cm³/mol. The van der Waals surface area contributed by atoms with E-state index in [4.69, 9.17) is 21.1 Å². The standard InChI is InChI=1S/C31H29BrClN3O5S/c1-21-9-14-28(22(2)15-21)36(42(38,39)26-7-5-4-6-8-26)19-30(37)35-34-18-24-16-27(32)31(29(17-24)40-3)41-20-23-10-12-25(33)13-11-23/h4-18H,19-20H2,1-3H3,(H,35,37)/b34-18+.